The van der Waals surface area contributed by atoms with E-state index < -0.39 is 6.04 Å². The fraction of sp³-hybridized carbons (Fsp3) is 0.107. The molecule has 1 aliphatic heterocycles. The van der Waals surface area contributed by atoms with Gasteiger partial charge < -0.3 is 4.90 Å². The molecule has 0 spiro atoms. The van der Waals surface area contributed by atoms with Gasteiger partial charge >= 0.3 is 0 Å². The molecule has 5 rings (SSSR count). The van der Waals surface area contributed by atoms with E-state index in [4.69, 9.17) is 0 Å². The van der Waals surface area contributed by atoms with Gasteiger partial charge in [-0.3, -0.25) is 14.5 Å². The quantitative estimate of drug-likeness (QED) is 0.341. The molecule has 168 valence electrons. The Morgan fingerprint density at radius 3 is 1.94 bits per heavy atom. The number of rotatable bonds is 5. The Kier molecular flexibility index (Phi) is 6.23. The van der Waals surface area contributed by atoms with Crippen LogP contribution in [0.15, 0.2) is 108 Å². The molecule has 0 saturated carbocycles. The Morgan fingerprint density at radius 1 is 0.765 bits per heavy atom. The Bertz CT molecular complexity index is 1310. The number of pyridine rings is 1. The molecule has 1 aliphatic rings. The summed E-state index contributed by atoms with van der Waals surface area (Å²) in [6.07, 6.45) is 1.63. The molecular formula is C28H22BrN3O2. The smallest absolute Gasteiger partial charge is 0.258 e. The van der Waals surface area contributed by atoms with E-state index in [1.165, 1.54) is 0 Å². The fourth-order valence-electron chi connectivity index (χ4n) is 4.28. The summed E-state index contributed by atoms with van der Waals surface area (Å²) in [7, 11) is 0. The van der Waals surface area contributed by atoms with Crippen molar-refractivity contribution in [2.75, 3.05) is 4.90 Å². The first-order valence-electron chi connectivity index (χ1n) is 11.0. The zero-order valence-electron chi connectivity index (χ0n) is 18.3. The molecule has 1 unspecified atom stereocenters. The minimum absolute atomic E-state index is 0.187. The number of hydrogen-bond acceptors (Lipinski definition) is 3. The summed E-state index contributed by atoms with van der Waals surface area (Å²) < 4.78 is 0.685. The Labute approximate surface area is 206 Å². The van der Waals surface area contributed by atoms with Gasteiger partial charge in [0.15, 0.2) is 0 Å². The summed E-state index contributed by atoms with van der Waals surface area (Å²) in [6, 6.07) is 29.9. The van der Waals surface area contributed by atoms with Crippen molar-refractivity contribution in [3.05, 3.63) is 130 Å². The van der Waals surface area contributed by atoms with E-state index in [1.807, 2.05) is 91.0 Å². The second kappa shape index (κ2) is 9.61. The number of benzene rings is 3. The number of aromatic nitrogens is 1. The number of carbonyl (C=O) groups excluding carboxylic acids is 2. The first-order chi connectivity index (χ1) is 16.6. The summed E-state index contributed by atoms with van der Waals surface area (Å²) in [6.45, 7) is 0.618. The SMILES string of the molecule is O=C1C(c2ccccc2)N(Cc2ccccc2)C(=O)c2cc(Br)cnc2N1Cc1ccccc1. The molecule has 0 N–H and O–H groups in total. The van der Waals surface area contributed by atoms with E-state index in [0.29, 0.717) is 28.9 Å². The minimum Gasteiger partial charge on any atom is -0.318 e. The number of amides is 2. The Balaban J connectivity index is 1.68. The van der Waals surface area contributed by atoms with E-state index in [9.17, 15) is 9.59 Å². The third-order valence-electron chi connectivity index (χ3n) is 5.89. The average Bonchev–Trinajstić information content (AvgIpc) is 2.95. The molecule has 0 fully saturated rings. The lowest BCUT2D eigenvalue weighted by molar-refractivity contribution is -0.123. The zero-order valence-corrected chi connectivity index (χ0v) is 19.9. The normalized spacial score (nSPS) is 15.7. The molecule has 4 aromatic rings. The van der Waals surface area contributed by atoms with Crippen LogP contribution in [0.1, 0.15) is 33.1 Å². The lowest BCUT2D eigenvalue weighted by Crippen LogP contribution is -2.42. The maximum absolute atomic E-state index is 14.2. The van der Waals surface area contributed by atoms with Crippen LogP contribution in [0.3, 0.4) is 0 Å². The number of carbonyl (C=O) groups is 2. The number of fused-ring (bicyclic) bond motifs is 1. The van der Waals surface area contributed by atoms with Crippen LogP contribution in [0, 0.1) is 0 Å². The molecule has 0 bridgehead atoms. The van der Waals surface area contributed by atoms with Gasteiger partial charge in [0.05, 0.1) is 12.1 Å². The number of nitrogens with zero attached hydrogens (tertiary/aromatic N) is 3. The lowest BCUT2D eigenvalue weighted by atomic mass is 10.0. The molecule has 34 heavy (non-hydrogen) atoms. The third kappa shape index (κ3) is 4.37. The van der Waals surface area contributed by atoms with Gasteiger partial charge in [-0.1, -0.05) is 91.0 Å². The molecule has 1 atom stereocenters. The first kappa shape index (κ1) is 22.0. The van der Waals surface area contributed by atoms with Gasteiger partial charge in [0.2, 0.25) is 0 Å². The minimum atomic E-state index is -0.786. The van der Waals surface area contributed by atoms with Gasteiger partial charge in [0.1, 0.15) is 11.9 Å². The summed E-state index contributed by atoms with van der Waals surface area (Å²) in [5.74, 6) is -0.0446. The summed E-state index contributed by atoms with van der Waals surface area (Å²) in [5.41, 5.74) is 3.07. The molecule has 2 amide bonds. The standard InChI is InChI=1S/C28H22BrN3O2/c29-23-16-24-26(30-17-23)32(19-21-12-6-2-7-13-21)28(34)25(22-14-8-3-9-15-22)31(27(24)33)18-20-10-4-1-5-11-20/h1-17,25H,18-19H2. The Hall–Kier alpha value is -3.77. The molecule has 5 nitrogen and oxygen atoms in total. The third-order valence-corrected chi connectivity index (χ3v) is 6.32. The number of hydrogen-bond donors (Lipinski definition) is 0. The highest BCUT2D eigenvalue weighted by molar-refractivity contribution is 9.10. The van der Waals surface area contributed by atoms with Crippen LogP contribution < -0.4 is 4.90 Å². The molecule has 0 saturated heterocycles. The van der Waals surface area contributed by atoms with Crippen molar-refractivity contribution in [2.45, 2.75) is 19.1 Å². The molecule has 1 aromatic heterocycles. The number of halogens is 1. The lowest BCUT2D eigenvalue weighted by Gasteiger charge is -2.31. The maximum atomic E-state index is 14.2. The van der Waals surface area contributed by atoms with Crippen molar-refractivity contribution in [1.82, 2.24) is 9.88 Å². The second-order valence-electron chi connectivity index (χ2n) is 8.17. The summed E-state index contributed by atoms with van der Waals surface area (Å²) in [4.78, 5) is 36.1. The van der Waals surface area contributed by atoms with Crippen molar-refractivity contribution in [2.24, 2.45) is 0 Å². The highest BCUT2D eigenvalue weighted by Crippen LogP contribution is 2.36. The van der Waals surface area contributed by atoms with Crippen LogP contribution >= 0.6 is 15.9 Å². The topological polar surface area (TPSA) is 53.5 Å². The molecular weight excluding hydrogens is 490 g/mol. The molecule has 0 radical (unpaired) electrons. The van der Waals surface area contributed by atoms with Crippen molar-refractivity contribution in [1.29, 1.82) is 0 Å². The van der Waals surface area contributed by atoms with Gasteiger partial charge in [-0.2, -0.15) is 0 Å². The highest BCUT2D eigenvalue weighted by Gasteiger charge is 2.41. The zero-order chi connectivity index (χ0) is 23.5. The van der Waals surface area contributed by atoms with Crippen LogP contribution in [0.4, 0.5) is 5.82 Å². The monoisotopic (exact) mass is 511 g/mol. The van der Waals surface area contributed by atoms with E-state index in [0.717, 1.165) is 16.7 Å². The summed E-state index contributed by atoms with van der Waals surface area (Å²) in [5, 5.41) is 0. The van der Waals surface area contributed by atoms with Crippen molar-refractivity contribution < 1.29 is 9.59 Å². The van der Waals surface area contributed by atoms with Crippen LogP contribution in [-0.2, 0) is 17.9 Å². The summed E-state index contributed by atoms with van der Waals surface area (Å²) >= 11 is 3.46. The van der Waals surface area contributed by atoms with Gasteiger partial charge in [0, 0.05) is 17.2 Å². The molecule has 3 aromatic carbocycles. The van der Waals surface area contributed by atoms with Gasteiger partial charge in [0.25, 0.3) is 11.8 Å². The number of anilines is 1. The van der Waals surface area contributed by atoms with Crippen LogP contribution in [0.2, 0.25) is 0 Å². The van der Waals surface area contributed by atoms with Crippen LogP contribution in [-0.4, -0.2) is 21.7 Å². The van der Waals surface area contributed by atoms with Crippen molar-refractivity contribution >= 4 is 33.6 Å². The predicted octanol–water partition coefficient (Wildman–Crippen LogP) is 5.77. The maximum Gasteiger partial charge on any atom is 0.258 e. The van der Waals surface area contributed by atoms with Crippen LogP contribution in [0.25, 0.3) is 0 Å². The predicted molar refractivity (Wildman–Crippen MR) is 135 cm³/mol. The van der Waals surface area contributed by atoms with E-state index >= 15 is 0 Å². The van der Waals surface area contributed by atoms with E-state index in [2.05, 4.69) is 20.9 Å². The second-order valence-corrected chi connectivity index (χ2v) is 9.08. The van der Waals surface area contributed by atoms with Gasteiger partial charge in [-0.15, -0.1) is 0 Å². The molecule has 2 heterocycles. The molecule has 0 aliphatic carbocycles. The van der Waals surface area contributed by atoms with Crippen LogP contribution in [0.5, 0.6) is 0 Å². The first-order valence-corrected chi connectivity index (χ1v) is 11.8. The van der Waals surface area contributed by atoms with Crippen molar-refractivity contribution in [3.8, 4) is 0 Å². The van der Waals surface area contributed by atoms with Crippen molar-refractivity contribution in [3.63, 3.8) is 0 Å². The fourth-order valence-corrected chi connectivity index (χ4v) is 4.61. The molecule has 6 heteroatoms. The largest absolute Gasteiger partial charge is 0.318 e. The van der Waals surface area contributed by atoms with E-state index in [1.54, 1.807) is 22.1 Å². The highest BCUT2D eigenvalue weighted by atomic mass is 79.9. The average molecular weight is 512 g/mol. The van der Waals surface area contributed by atoms with E-state index in [-0.39, 0.29) is 11.8 Å². The van der Waals surface area contributed by atoms with Gasteiger partial charge in [-0.05, 0) is 38.7 Å². The van der Waals surface area contributed by atoms with Gasteiger partial charge in [-0.25, -0.2) is 4.98 Å². The Morgan fingerprint density at radius 2 is 1.32 bits per heavy atom.